The Kier molecular flexibility index (Phi) is 5.57. The Balaban J connectivity index is 1.43. The van der Waals surface area contributed by atoms with Gasteiger partial charge in [-0.15, -0.1) is 4.57 Å². The Morgan fingerprint density at radius 3 is 2.56 bits per heavy atom. The van der Waals surface area contributed by atoms with Crippen LogP contribution in [0.2, 0.25) is 0 Å². The number of anilines is 1. The maximum atomic E-state index is 12.6. The number of carbonyl (C=O) groups is 1. The molecule has 1 amide bonds. The van der Waals surface area contributed by atoms with Crippen molar-refractivity contribution in [1.29, 1.82) is 0 Å². The number of aryl methyl sites for hydroxylation is 1. The number of fused-ring (bicyclic) bond motifs is 1. The van der Waals surface area contributed by atoms with Crippen LogP contribution in [0.4, 0.5) is 5.69 Å². The first-order valence-electron chi connectivity index (χ1n) is 10.3. The summed E-state index contributed by atoms with van der Waals surface area (Å²) in [6.45, 7) is 8.26. The Bertz CT molecular complexity index is 1330. The zero-order valence-electron chi connectivity index (χ0n) is 18.5. The van der Waals surface area contributed by atoms with Gasteiger partial charge in [0.25, 0.3) is 11.5 Å². The fourth-order valence-corrected chi connectivity index (χ4v) is 3.29. The Labute approximate surface area is 185 Å². The maximum absolute atomic E-state index is 12.6. The van der Waals surface area contributed by atoms with Gasteiger partial charge in [0.15, 0.2) is 5.65 Å². The van der Waals surface area contributed by atoms with Crippen LogP contribution in [-0.2, 0) is 12.0 Å². The Morgan fingerprint density at radius 2 is 1.84 bits per heavy atom. The standard InChI is InChI=1S/C25H25N3O4/c1-16-12-22-26-20(14-23(29)28(22)32-16)15-31-21-7-5-6-19(13-21)27-24(30)17-8-10-18(11-9-17)25(2,3)4/h5-14H,15H2,1-4H3,(H,27,30). The van der Waals surface area contributed by atoms with Gasteiger partial charge in [-0.1, -0.05) is 39.0 Å². The van der Waals surface area contributed by atoms with Gasteiger partial charge in [-0.3, -0.25) is 9.59 Å². The van der Waals surface area contributed by atoms with Gasteiger partial charge in [-0.25, -0.2) is 4.98 Å². The quantitative estimate of drug-likeness (QED) is 0.494. The summed E-state index contributed by atoms with van der Waals surface area (Å²) in [5.41, 5.74) is 3.01. The van der Waals surface area contributed by atoms with Gasteiger partial charge in [-0.05, 0) is 42.2 Å². The highest BCUT2D eigenvalue weighted by atomic mass is 16.5. The van der Waals surface area contributed by atoms with E-state index < -0.39 is 0 Å². The first-order chi connectivity index (χ1) is 15.2. The lowest BCUT2D eigenvalue weighted by Crippen LogP contribution is -2.15. The van der Waals surface area contributed by atoms with E-state index >= 15 is 0 Å². The number of benzene rings is 2. The monoisotopic (exact) mass is 431 g/mol. The van der Waals surface area contributed by atoms with Crippen LogP contribution in [0, 0.1) is 6.92 Å². The predicted molar refractivity (Wildman–Crippen MR) is 122 cm³/mol. The van der Waals surface area contributed by atoms with E-state index in [1.807, 2.05) is 24.3 Å². The van der Waals surface area contributed by atoms with Crippen molar-refractivity contribution in [1.82, 2.24) is 9.56 Å². The van der Waals surface area contributed by atoms with Crippen molar-refractivity contribution in [3.05, 3.63) is 93.6 Å². The van der Waals surface area contributed by atoms with Crippen molar-refractivity contribution < 1.29 is 14.1 Å². The summed E-state index contributed by atoms with van der Waals surface area (Å²) in [6, 6.07) is 17.8. The van der Waals surface area contributed by atoms with Crippen molar-refractivity contribution in [3.8, 4) is 5.75 Å². The Morgan fingerprint density at radius 1 is 1.09 bits per heavy atom. The van der Waals surface area contributed by atoms with E-state index in [2.05, 4.69) is 31.1 Å². The number of hydrogen-bond donors (Lipinski definition) is 1. The lowest BCUT2D eigenvalue weighted by atomic mass is 9.87. The van der Waals surface area contributed by atoms with Gasteiger partial charge >= 0.3 is 0 Å². The van der Waals surface area contributed by atoms with E-state index in [4.69, 9.17) is 9.26 Å². The molecule has 7 heteroatoms. The number of nitrogens with zero attached hydrogens (tertiary/aromatic N) is 2. The SMILES string of the molecule is Cc1cc2nc(COc3cccc(NC(=O)c4ccc(C(C)(C)C)cc4)c3)cc(=O)n2o1. The minimum Gasteiger partial charge on any atom is -0.487 e. The van der Waals surface area contributed by atoms with Crippen LogP contribution in [0.1, 0.15) is 48.1 Å². The molecule has 0 aliphatic rings. The average molecular weight is 431 g/mol. The molecule has 2 heterocycles. The van der Waals surface area contributed by atoms with E-state index in [9.17, 15) is 9.59 Å². The third-order valence-corrected chi connectivity index (χ3v) is 5.02. The lowest BCUT2D eigenvalue weighted by Gasteiger charge is -2.19. The molecule has 0 atom stereocenters. The van der Waals surface area contributed by atoms with Crippen LogP contribution in [0.3, 0.4) is 0 Å². The van der Waals surface area contributed by atoms with Crippen LogP contribution in [0.5, 0.6) is 5.75 Å². The second-order valence-corrected chi connectivity index (χ2v) is 8.68. The molecule has 0 aliphatic heterocycles. The molecule has 32 heavy (non-hydrogen) atoms. The largest absolute Gasteiger partial charge is 0.487 e. The second kappa shape index (κ2) is 8.34. The fraction of sp³-hybridized carbons (Fsp3) is 0.240. The maximum Gasteiger partial charge on any atom is 0.287 e. The zero-order valence-corrected chi connectivity index (χ0v) is 18.5. The van der Waals surface area contributed by atoms with Crippen LogP contribution in [0.15, 0.2) is 70.0 Å². The van der Waals surface area contributed by atoms with Gasteiger partial charge < -0.3 is 14.6 Å². The Hall–Kier alpha value is -3.87. The molecule has 0 saturated heterocycles. The summed E-state index contributed by atoms with van der Waals surface area (Å²) in [7, 11) is 0. The molecule has 7 nitrogen and oxygen atoms in total. The molecule has 164 valence electrons. The number of amides is 1. The highest BCUT2D eigenvalue weighted by Crippen LogP contribution is 2.23. The molecule has 1 N–H and O–H groups in total. The van der Waals surface area contributed by atoms with Crippen LogP contribution in [-0.4, -0.2) is 15.5 Å². The molecular weight excluding hydrogens is 406 g/mol. The van der Waals surface area contributed by atoms with Crippen LogP contribution < -0.4 is 15.6 Å². The number of aromatic nitrogens is 2. The summed E-state index contributed by atoms with van der Waals surface area (Å²) in [5.74, 6) is 0.957. The third kappa shape index (κ3) is 4.72. The summed E-state index contributed by atoms with van der Waals surface area (Å²) < 4.78 is 12.2. The van der Waals surface area contributed by atoms with Crippen molar-refractivity contribution in [2.45, 2.75) is 39.7 Å². The predicted octanol–water partition coefficient (Wildman–Crippen LogP) is 4.72. The fourth-order valence-electron chi connectivity index (χ4n) is 3.29. The first kappa shape index (κ1) is 21.4. The minimum absolute atomic E-state index is 0.0298. The van der Waals surface area contributed by atoms with E-state index in [0.29, 0.717) is 34.1 Å². The molecule has 0 spiro atoms. The molecule has 0 fully saturated rings. The molecule has 0 unspecified atom stereocenters. The second-order valence-electron chi connectivity index (χ2n) is 8.68. The molecule has 2 aromatic carbocycles. The van der Waals surface area contributed by atoms with Crippen molar-refractivity contribution >= 4 is 17.2 Å². The van der Waals surface area contributed by atoms with E-state index in [1.165, 1.54) is 11.6 Å². The molecule has 0 radical (unpaired) electrons. The molecule has 4 aromatic rings. The summed E-state index contributed by atoms with van der Waals surface area (Å²) in [6.07, 6.45) is 0. The number of rotatable bonds is 5. The minimum atomic E-state index is -0.305. The first-order valence-corrected chi connectivity index (χ1v) is 10.3. The molecule has 0 bridgehead atoms. The number of nitrogens with one attached hydrogen (secondary N) is 1. The summed E-state index contributed by atoms with van der Waals surface area (Å²) in [5, 5.41) is 2.89. The van der Waals surface area contributed by atoms with Gasteiger partial charge in [0, 0.05) is 29.4 Å². The number of ether oxygens (including phenoxy) is 1. The number of hydrogen-bond acceptors (Lipinski definition) is 5. The molecule has 0 saturated carbocycles. The van der Waals surface area contributed by atoms with E-state index in [-0.39, 0.29) is 23.5 Å². The molecular formula is C25H25N3O4. The normalized spacial score (nSPS) is 11.5. The van der Waals surface area contributed by atoms with Crippen LogP contribution >= 0.6 is 0 Å². The van der Waals surface area contributed by atoms with Gasteiger partial charge in [0.1, 0.15) is 18.1 Å². The molecule has 2 aromatic heterocycles. The topological polar surface area (TPSA) is 85.8 Å². The average Bonchev–Trinajstić information content (AvgIpc) is 3.13. The third-order valence-electron chi connectivity index (χ3n) is 5.02. The summed E-state index contributed by atoms with van der Waals surface area (Å²) >= 11 is 0. The van der Waals surface area contributed by atoms with Crippen LogP contribution in [0.25, 0.3) is 5.65 Å². The molecule has 4 rings (SSSR count). The van der Waals surface area contributed by atoms with Gasteiger partial charge in [-0.2, -0.15) is 0 Å². The van der Waals surface area contributed by atoms with Crippen molar-refractivity contribution in [2.75, 3.05) is 5.32 Å². The lowest BCUT2D eigenvalue weighted by molar-refractivity contribution is 0.102. The zero-order chi connectivity index (χ0) is 22.9. The van der Waals surface area contributed by atoms with Gasteiger partial charge in [0.2, 0.25) is 0 Å². The van der Waals surface area contributed by atoms with E-state index in [1.54, 1.807) is 37.3 Å². The molecule has 0 aliphatic carbocycles. The van der Waals surface area contributed by atoms with Crippen molar-refractivity contribution in [3.63, 3.8) is 0 Å². The summed E-state index contributed by atoms with van der Waals surface area (Å²) in [4.78, 5) is 29.1. The van der Waals surface area contributed by atoms with Gasteiger partial charge in [0.05, 0.1) is 5.69 Å². The van der Waals surface area contributed by atoms with Crippen molar-refractivity contribution in [2.24, 2.45) is 0 Å². The number of carbonyl (C=O) groups excluding carboxylic acids is 1. The highest BCUT2D eigenvalue weighted by Gasteiger charge is 2.14. The van der Waals surface area contributed by atoms with E-state index in [0.717, 1.165) is 4.57 Å². The smallest absolute Gasteiger partial charge is 0.287 e. The highest BCUT2D eigenvalue weighted by molar-refractivity contribution is 6.04.